The minimum atomic E-state index is -2.75. The summed E-state index contributed by atoms with van der Waals surface area (Å²) in [6.07, 6.45) is 0.198. The van der Waals surface area contributed by atoms with Crippen molar-refractivity contribution in [3.8, 4) is 0 Å². The van der Waals surface area contributed by atoms with E-state index >= 15 is 0 Å². The van der Waals surface area contributed by atoms with Gasteiger partial charge in [-0.1, -0.05) is 30.3 Å². The number of Topliss-reactive ketones (excluding diaryl/α,β-unsaturated/α-hetero) is 2. The van der Waals surface area contributed by atoms with E-state index in [1.807, 2.05) is 30.3 Å². The van der Waals surface area contributed by atoms with Gasteiger partial charge in [0.1, 0.15) is 5.78 Å². The number of benzene rings is 1. The third-order valence-corrected chi connectivity index (χ3v) is 4.89. The lowest BCUT2D eigenvalue weighted by Crippen LogP contribution is -2.53. The first-order valence-corrected chi connectivity index (χ1v) is 8.15. The molecule has 1 aromatic rings. The van der Waals surface area contributed by atoms with Gasteiger partial charge in [0.15, 0.2) is 0 Å². The zero-order valence-corrected chi connectivity index (χ0v) is 13.1. The highest BCUT2D eigenvalue weighted by Gasteiger charge is 2.47. The monoisotopic (exact) mass is 335 g/mol. The molecule has 2 fully saturated rings. The second-order valence-corrected chi connectivity index (χ2v) is 6.71. The average molecular weight is 335 g/mol. The lowest BCUT2D eigenvalue weighted by molar-refractivity contribution is -0.145. The number of alkyl halides is 2. The Labute approximate surface area is 138 Å². The third-order valence-electron chi connectivity index (χ3n) is 4.89. The topological polar surface area (TPSA) is 63.2 Å². The summed E-state index contributed by atoms with van der Waals surface area (Å²) >= 11 is 0. The molecule has 6 heteroatoms. The highest BCUT2D eigenvalue weighted by Crippen LogP contribution is 2.38. The Morgan fingerprint density at radius 1 is 1.17 bits per heavy atom. The van der Waals surface area contributed by atoms with Gasteiger partial charge in [-0.15, -0.1) is 0 Å². The van der Waals surface area contributed by atoms with Crippen LogP contribution in [0.1, 0.15) is 31.2 Å². The predicted octanol–water partition coefficient (Wildman–Crippen LogP) is 2.31. The van der Waals surface area contributed by atoms with Gasteiger partial charge in [-0.05, 0) is 18.4 Å². The van der Waals surface area contributed by atoms with Gasteiger partial charge in [-0.3, -0.25) is 14.4 Å². The quantitative estimate of drug-likeness (QED) is 0.840. The maximum Gasteiger partial charge on any atom is 0.287 e. The number of nitrogens with one attached hydrogen (secondary N) is 1. The molecular formula is C18H19F2NO3. The normalized spacial score (nSPS) is 26.0. The van der Waals surface area contributed by atoms with Crippen molar-refractivity contribution in [2.24, 2.45) is 11.8 Å². The van der Waals surface area contributed by atoms with Crippen molar-refractivity contribution in [2.75, 3.05) is 0 Å². The van der Waals surface area contributed by atoms with Gasteiger partial charge in [0, 0.05) is 37.1 Å². The van der Waals surface area contributed by atoms with Crippen LogP contribution in [0.25, 0.3) is 0 Å². The smallest absolute Gasteiger partial charge is 0.287 e. The second-order valence-electron chi connectivity index (χ2n) is 6.71. The van der Waals surface area contributed by atoms with Crippen LogP contribution in [0.15, 0.2) is 30.3 Å². The summed E-state index contributed by atoms with van der Waals surface area (Å²) in [4.78, 5) is 36.5. The summed E-state index contributed by atoms with van der Waals surface area (Å²) in [5.74, 6) is -5.42. The van der Waals surface area contributed by atoms with E-state index in [0.717, 1.165) is 5.56 Å². The minimum Gasteiger partial charge on any atom is -0.346 e. The average Bonchev–Trinajstić information content (AvgIpc) is 2.87. The molecule has 2 aliphatic rings. The molecule has 24 heavy (non-hydrogen) atoms. The summed E-state index contributed by atoms with van der Waals surface area (Å²) < 4.78 is 25.6. The van der Waals surface area contributed by atoms with E-state index in [4.69, 9.17) is 0 Å². The molecule has 4 nitrogen and oxygen atoms in total. The van der Waals surface area contributed by atoms with Crippen molar-refractivity contribution in [1.29, 1.82) is 0 Å². The van der Waals surface area contributed by atoms with Crippen molar-refractivity contribution in [1.82, 2.24) is 5.32 Å². The number of ketones is 2. The summed E-state index contributed by atoms with van der Waals surface area (Å²) in [6, 6.07) is 8.68. The Morgan fingerprint density at radius 2 is 1.83 bits per heavy atom. The van der Waals surface area contributed by atoms with Crippen molar-refractivity contribution in [3.63, 3.8) is 0 Å². The molecule has 2 atom stereocenters. The fourth-order valence-electron chi connectivity index (χ4n) is 3.53. The number of hydrogen-bond donors (Lipinski definition) is 1. The highest BCUT2D eigenvalue weighted by atomic mass is 19.3. The van der Waals surface area contributed by atoms with E-state index < -0.39 is 48.3 Å². The molecule has 0 heterocycles. The number of hydrogen-bond acceptors (Lipinski definition) is 3. The molecule has 1 amide bonds. The number of carbonyl (C=O) groups excluding carboxylic acids is 3. The molecule has 128 valence electrons. The molecule has 0 saturated heterocycles. The fraction of sp³-hybridized carbons (Fsp3) is 0.500. The minimum absolute atomic E-state index is 0.0137. The van der Waals surface area contributed by atoms with Crippen LogP contribution in [-0.4, -0.2) is 29.4 Å². The van der Waals surface area contributed by atoms with E-state index in [-0.39, 0.29) is 12.2 Å². The first-order chi connectivity index (χ1) is 11.4. The predicted molar refractivity (Wildman–Crippen MR) is 82.5 cm³/mol. The summed E-state index contributed by atoms with van der Waals surface area (Å²) in [6.45, 7) is 0. The standard InChI is InChI=1S/C18H19F2NO3/c19-18(20)9-12(10-18)21-17(24)16(23)13-6-7-15(22)14(13)8-11-4-2-1-3-5-11/h1-5,12-14H,6-10H2,(H,21,24)/t13-,14?/m0/s1. The van der Waals surface area contributed by atoms with Crippen LogP contribution in [0.4, 0.5) is 8.78 Å². The van der Waals surface area contributed by atoms with Crippen molar-refractivity contribution in [2.45, 2.75) is 44.1 Å². The fourth-order valence-corrected chi connectivity index (χ4v) is 3.53. The number of halogens is 2. The van der Waals surface area contributed by atoms with Gasteiger partial charge in [0.05, 0.1) is 0 Å². The lowest BCUT2D eigenvalue weighted by Gasteiger charge is -2.35. The molecular weight excluding hydrogens is 316 g/mol. The van der Waals surface area contributed by atoms with Crippen LogP contribution in [0.3, 0.4) is 0 Å². The maximum atomic E-state index is 12.8. The van der Waals surface area contributed by atoms with E-state index in [1.165, 1.54) is 0 Å². The zero-order chi connectivity index (χ0) is 17.3. The van der Waals surface area contributed by atoms with Crippen LogP contribution in [0.2, 0.25) is 0 Å². The summed E-state index contributed by atoms with van der Waals surface area (Å²) in [7, 11) is 0. The summed E-state index contributed by atoms with van der Waals surface area (Å²) in [5, 5.41) is 2.37. The van der Waals surface area contributed by atoms with E-state index in [2.05, 4.69) is 5.32 Å². The van der Waals surface area contributed by atoms with Gasteiger partial charge < -0.3 is 5.32 Å². The highest BCUT2D eigenvalue weighted by molar-refractivity contribution is 6.37. The van der Waals surface area contributed by atoms with Gasteiger partial charge in [-0.25, -0.2) is 8.78 Å². The van der Waals surface area contributed by atoms with Crippen molar-refractivity contribution in [3.05, 3.63) is 35.9 Å². The number of carbonyl (C=O) groups is 3. The Balaban J connectivity index is 1.62. The van der Waals surface area contributed by atoms with Crippen LogP contribution in [0, 0.1) is 11.8 Å². The van der Waals surface area contributed by atoms with Crippen molar-refractivity contribution >= 4 is 17.5 Å². The molecule has 0 spiro atoms. The van der Waals surface area contributed by atoms with Gasteiger partial charge in [-0.2, -0.15) is 0 Å². The molecule has 2 aliphatic carbocycles. The molecule has 0 radical (unpaired) electrons. The first kappa shape index (κ1) is 16.7. The van der Waals surface area contributed by atoms with Crippen LogP contribution >= 0.6 is 0 Å². The van der Waals surface area contributed by atoms with E-state index in [9.17, 15) is 23.2 Å². The van der Waals surface area contributed by atoms with Gasteiger partial charge in [0.25, 0.3) is 11.8 Å². The second kappa shape index (κ2) is 6.42. The SMILES string of the molecule is O=C(NC1CC(F)(F)C1)C(=O)[C@H]1CCC(=O)C1Cc1ccccc1. The van der Waals surface area contributed by atoms with Crippen LogP contribution in [-0.2, 0) is 20.8 Å². The Bertz CT molecular complexity index is 651. The Morgan fingerprint density at radius 3 is 2.46 bits per heavy atom. The Kier molecular flexibility index (Phi) is 4.47. The molecule has 1 aromatic carbocycles. The van der Waals surface area contributed by atoms with Gasteiger partial charge >= 0.3 is 0 Å². The third kappa shape index (κ3) is 3.52. The van der Waals surface area contributed by atoms with Crippen LogP contribution in [0.5, 0.6) is 0 Å². The Hall–Kier alpha value is -2.11. The molecule has 3 rings (SSSR count). The van der Waals surface area contributed by atoms with Crippen molar-refractivity contribution < 1.29 is 23.2 Å². The van der Waals surface area contributed by atoms with Crippen LogP contribution < -0.4 is 5.32 Å². The largest absolute Gasteiger partial charge is 0.346 e. The number of rotatable bonds is 5. The molecule has 1 N–H and O–H groups in total. The molecule has 0 aromatic heterocycles. The molecule has 0 bridgehead atoms. The maximum absolute atomic E-state index is 12.8. The summed E-state index contributed by atoms with van der Waals surface area (Å²) in [5.41, 5.74) is 0.939. The molecule has 2 saturated carbocycles. The zero-order valence-electron chi connectivity index (χ0n) is 13.1. The van der Waals surface area contributed by atoms with E-state index in [1.54, 1.807) is 0 Å². The lowest BCUT2D eigenvalue weighted by atomic mass is 9.85. The van der Waals surface area contributed by atoms with Gasteiger partial charge in [0.2, 0.25) is 5.78 Å². The molecule has 0 aliphatic heterocycles. The van der Waals surface area contributed by atoms with E-state index in [0.29, 0.717) is 12.8 Å². The first-order valence-electron chi connectivity index (χ1n) is 8.15. The molecule has 1 unspecified atom stereocenters. The number of amides is 1.